The molecule has 0 aliphatic heterocycles. The minimum atomic E-state index is -0.0904. The van der Waals surface area contributed by atoms with Crippen LogP contribution in [-0.4, -0.2) is 17.1 Å². The zero-order chi connectivity index (χ0) is 13.9. The lowest BCUT2D eigenvalue weighted by Crippen LogP contribution is -2.34. The van der Waals surface area contributed by atoms with Gasteiger partial charge < -0.3 is 10.5 Å². The van der Waals surface area contributed by atoms with Crippen LogP contribution in [0.2, 0.25) is 0 Å². The Kier molecular flexibility index (Phi) is 4.58. The molecule has 1 heterocycles. The van der Waals surface area contributed by atoms with Gasteiger partial charge in [0.25, 0.3) is 0 Å². The van der Waals surface area contributed by atoms with Crippen LogP contribution in [0.5, 0.6) is 0 Å². The number of hydrogen-bond donors (Lipinski definition) is 1. The molecule has 1 fully saturated rings. The maximum Gasteiger partial charge on any atom is 0.115 e. The quantitative estimate of drug-likeness (QED) is 0.904. The van der Waals surface area contributed by atoms with Crippen LogP contribution in [0.15, 0.2) is 24.4 Å². The standard InChI is InChI=1S/C16H26N2O/c1-12(17)15(14-6-4-5-11-18-14)19-13-7-9-16(2,3)10-8-13/h4-6,11-13,15H,7-10,17H2,1-3H3. The molecule has 2 atom stereocenters. The number of rotatable bonds is 4. The van der Waals surface area contributed by atoms with Crippen molar-refractivity contribution in [1.82, 2.24) is 4.98 Å². The summed E-state index contributed by atoms with van der Waals surface area (Å²) in [7, 11) is 0. The van der Waals surface area contributed by atoms with Gasteiger partial charge in [0.05, 0.1) is 11.8 Å². The molecule has 3 nitrogen and oxygen atoms in total. The molecule has 0 saturated heterocycles. The molecule has 0 spiro atoms. The van der Waals surface area contributed by atoms with E-state index in [2.05, 4.69) is 18.8 Å². The summed E-state index contributed by atoms with van der Waals surface area (Å²) in [5.74, 6) is 0. The van der Waals surface area contributed by atoms with Crippen LogP contribution in [-0.2, 0) is 4.74 Å². The van der Waals surface area contributed by atoms with Crippen LogP contribution >= 0.6 is 0 Å². The van der Waals surface area contributed by atoms with Crippen molar-refractivity contribution in [2.24, 2.45) is 11.1 Å². The first-order valence-corrected chi connectivity index (χ1v) is 7.30. The summed E-state index contributed by atoms with van der Waals surface area (Å²) in [5.41, 5.74) is 7.49. The maximum atomic E-state index is 6.24. The summed E-state index contributed by atoms with van der Waals surface area (Å²) in [6.07, 6.45) is 6.75. The smallest absolute Gasteiger partial charge is 0.115 e. The zero-order valence-corrected chi connectivity index (χ0v) is 12.3. The summed E-state index contributed by atoms with van der Waals surface area (Å²) >= 11 is 0. The number of pyridine rings is 1. The van der Waals surface area contributed by atoms with Crippen molar-refractivity contribution in [1.29, 1.82) is 0 Å². The van der Waals surface area contributed by atoms with Gasteiger partial charge in [0.2, 0.25) is 0 Å². The Balaban J connectivity index is 1.99. The highest BCUT2D eigenvalue weighted by atomic mass is 16.5. The molecular formula is C16H26N2O. The van der Waals surface area contributed by atoms with Crippen molar-refractivity contribution in [3.63, 3.8) is 0 Å². The largest absolute Gasteiger partial charge is 0.367 e. The van der Waals surface area contributed by atoms with Crippen molar-refractivity contribution >= 4 is 0 Å². The van der Waals surface area contributed by atoms with Crippen LogP contribution in [0.1, 0.15) is 58.3 Å². The van der Waals surface area contributed by atoms with Crippen LogP contribution in [0.3, 0.4) is 0 Å². The molecule has 0 bridgehead atoms. The summed E-state index contributed by atoms with van der Waals surface area (Å²) in [6.45, 7) is 6.67. The maximum absolute atomic E-state index is 6.24. The lowest BCUT2D eigenvalue weighted by molar-refractivity contribution is -0.0566. The van der Waals surface area contributed by atoms with E-state index in [4.69, 9.17) is 10.5 Å². The third-order valence-electron chi connectivity index (χ3n) is 4.08. The Bertz CT molecular complexity index is 379. The molecule has 1 aromatic heterocycles. The van der Waals surface area contributed by atoms with Crippen molar-refractivity contribution in [3.8, 4) is 0 Å². The number of aromatic nitrogens is 1. The van der Waals surface area contributed by atoms with Crippen molar-refractivity contribution in [2.45, 2.75) is 64.7 Å². The number of hydrogen-bond acceptors (Lipinski definition) is 3. The van der Waals surface area contributed by atoms with Gasteiger partial charge in [-0.3, -0.25) is 4.98 Å². The topological polar surface area (TPSA) is 48.1 Å². The molecule has 0 aromatic carbocycles. The Morgan fingerprint density at radius 3 is 2.53 bits per heavy atom. The van der Waals surface area contributed by atoms with E-state index >= 15 is 0 Å². The third kappa shape index (κ3) is 4.02. The molecule has 2 N–H and O–H groups in total. The van der Waals surface area contributed by atoms with Gasteiger partial charge in [-0.25, -0.2) is 0 Å². The first-order chi connectivity index (χ1) is 8.98. The van der Waals surface area contributed by atoms with Crippen molar-refractivity contribution in [3.05, 3.63) is 30.1 Å². The molecule has 1 aliphatic carbocycles. The van der Waals surface area contributed by atoms with E-state index in [1.54, 1.807) is 6.20 Å². The van der Waals surface area contributed by atoms with Crippen LogP contribution < -0.4 is 5.73 Å². The third-order valence-corrected chi connectivity index (χ3v) is 4.08. The van der Waals surface area contributed by atoms with E-state index < -0.39 is 0 Å². The van der Waals surface area contributed by atoms with E-state index in [9.17, 15) is 0 Å². The van der Waals surface area contributed by atoms with E-state index in [-0.39, 0.29) is 12.1 Å². The van der Waals surface area contributed by atoms with Gasteiger partial charge in [0.1, 0.15) is 6.10 Å². The minimum Gasteiger partial charge on any atom is -0.367 e. The lowest BCUT2D eigenvalue weighted by Gasteiger charge is -2.36. The number of nitrogens with zero attached hydrogens (tertiary/aromatic N) is 1. The highest BCUT2D eigenvalue weighted by Crippen LogP contribution is 2.37. The van der Waals surface area contributed by atoms with Crippen molar-refractivity contribution < 1.29 is 4.74 Å². The normalized spacial score (nSPS) is 22.9. The molecular weight excluding hydrogens is 236 g/mol. The second kappa shape index (κ2) is 6.02. The second-order valence-electron chi connectivity index (χ2n) is 6.53. The van der Waals surface area contributed by atoms with Gasteiger partial charge in [-0.05, 0) is 50.2 Å². The number of nitrogens with two attached hydrogens (primary N) is 1. The highest BCUT2D eigenvalue weighted by molar-refractivity contribution is 5.09. The Labute approximate surface area is 116 Å². The predicted molar refractivity (Wildman–Crippen MR) is 77.7 cm³/mol. The first kappa shape index (κ1) is 14.5. The van der Waals surface area contributed by atoms with Gasteiger partial charge in [-0.2, -0.15) is 0 Å². The summed E-state index contributed by atoms with van der Waals surface area (Å²) in [6, 6.07) is 5.88. The second-order valence-corrected chi connectivity index (χ2v) is 6.53. The SMILES string of the molecule is CC(N)C(OC1CCC(C)(C)CC1)c1ccccn1. The van der Waals surface area contributed by atoms with Gasteiger partial charge in [-0.1, -0.05) is 19.9 Å². The van der Waals surface area contributed by atoms with Gasteiger partial charge in [0, 0.05) is 12.2 Å². The monoisotopic (exact) mass is 262 g/mol. The minimum absolute atomic E-state index is 0.0372. The van der Waals surface area contributed by atoms with Gasteiger partial charge in [-0.15, -0.1) is 0 Å². The van der Waals surface area contributed by atoms with E-state index in [1.807, 2.05) is 25.1 Å². The van der Waals surface area contributed by atoms with E-state index in [1.165, 1.54) is 12.8 Å². The molecule has 106 valence electrons. The molecule has 1 saturated carbocycles. The molecule has 19 heavy (non-hydrogen) atoms. The average molecular weight is 262 g/mol. The summed E-state index contributed by atoms with van der Waals surface area (Å²) in [5, 5.41) is 0. The summed E-state index contributed by atoms with van der Waals surface area (Å²) in [4.78, 5) is 4.39. The van der Waals surface area contributed by atoms with Crippen LogP contribution in [0, 0.1) is 5.41 Å². The molecule has 3 heteroatoms. The first-order valence-electron chi connectivity index (χ1n) is 7.30. The van der Waals surface area contributed by atoms with E-state index in [0.717, 1.165) is 18.5 Å². The van der Waals surface area contributed by atoms with Gasteiger partial charge >= 0.3 is 0 Å². The number of ether oxygens (including phenoxy) is 1. The molecule has 2 rings (SSSR count). The molecule has 0 radical (unpaired) electrons. The Hall–Kier alpha value is -0.930. The fourth-order valence-corrected chi connectivity index (χ4v) is 2.72. The predicted octanol–water partition coefficient (Wildman–Crippen LogP) is 3.46. The van der Waals surface area contributed by atoms with Crippen LogP contribution in [0.25, 0.3) is 0 Å². The fourth-order valence-electron chi connectivity index (χ4n) is 2.72. The fraction of sp³-hybridized carbons (Fsp3) is 0.688. The van der Waals surface area contributed by atoms with E-state index in [0.29, 0.717) is 11.5 Å². The van der Waals surface area contributed by atoms with Crippen LogP contribution in [0.4, 0.5) is 0 Å². The zero-order valence-electron chi connectivity index (χ0n) is 12.3. The lowest BCUT2D eigenvalue weighted by atomic mass is 9.76. The Morgan fingerprint density at radius 1 is 1.32 bits per heavy atom. The average Bonchev–Trinajstić information content (AvgIpc) is 2.38. The molecule has 2 unspecified atom stereocenters. The van der Waals surface area contributed by atoms with Gasteiger partial charge in [0.15, 0.2) is 0 Å². The highest BCUT2D eigenvalue weighted by Gasteiger charge is 2.30. The molecule has 1 aliphatic rings. The molecule has 1 aromatic rings. The Morgan fingerprint density at radius 2 is 2.00 bits per heavy atom. The molecule has 0 amide bonds. The summed E-state index contributed by atoms with van der Waals surface area (Å²) < 4.78 is 6.24. The van der Waals surface area contributed by atoms with Crippen molar-refractivity contribution in [2.75, 3.05) is 0 Å².